The molecule has 0 saturated carbocycles. The Labute approximate surface area is 386 Å². The van der Waals surface area contributed by atoms with Gasteiger partial charge in [0.05, 0.1) is 17.1 Å². The van der Waals surface area contributed by atoms with Gasteiger partial charge < -0.3 is 9.80 Å². The van der Waals surface area contributed by atoms with Crippen LogP contribution in [0.15, 0.2) is 228 Å². The minimum absolute atomic E-state index is 0.298. The number of rotatable bonds is 10. The number of anilines is 4. The van der Waals surface area contributed by atoms with E-state index >= 15 is 0 Å². The fraction of sp³-hybridized carbons (Fsp3) is 0.145. The minimum atomic E-state index is -0.298. The summed E-state index contributed by atoms with van der Waals surface area (Å²) in [7, 11) is 1.90. The van der Waals surface area contributed by atoms with Crippen molar-refractivity contribution in [3.05, 3.63) is 246 Å². The van der Waals surface area contributed by atoms with Crippen LogP contribution in [-0.4, -0.2) is 12.8 Å². The van der Waals surface area contributed by atoms with Crippen molar-refractivity contribution in [3.63, 3.8) is 0 Å². The molecule has 7 aromatic rings. The summed E-state index contributed by atoms with van der Waals surface area (Å²) in [5.74, 6) is 0. The van der Waals surface area contributed by atoms with Crippen LogP contribution in [0.2, 0.25) is 0 Å². The Morgan fingerprint density at radius 3 is 2.09 bits per heavy atom. The van der Waals surface area contributed by atoms with Crippen molar-refractivity contribution in [2.24, 2.45) is 4.99 Å². The molecule has 3 nitrogen and oxygen atoms in total. The largest absolute Gasteiger partial charge is 0.316 e. The van der Waals surface area contributed by atoms with Gasteiger partial charge in [0, 0.05) is 52.4 Å². The third kappa shape index (κ3) is 7.61. The van der Waals surface area contributed by atoms with E-state index in [0.29, 0.717) is 0 Å². The maximum Gasteiger partial charge on any atom is 0.0721 e. The first kappa shape index (κ1) is 42.8. The second kappa shape index (κ2) is 17.9. The van der Waals surface area contributed by atoms with Crippen LogP contribution in [0.3, 0.4) is 0 Å². The van der Waals surface area contributed by atoms with Gasteiger partial charge in [-0.3, -0.25) is 4.99 Å². The molecule has 0 radical (unpaired) electrons. The highest BCUT2D eigenvalue weighted by Crippen LogP contribution is 2.51. The highest BCUT2D eigenvalue weighted by molar-refractivity contribution is 6.20. The third-order valence-electron chi connectivity index (χ3n) is 13.3. The Morgan fingerprint density at radius 1 is 0.677 bits per heavy atom. The smallest absolute Gasteiger partial charge is 0.0721 e. The molecule has 0 amide bonds. The van der Waals surface area contributed by atoms with Crippen molar-refractivity contribution in [1.29, 1.82) is 0 Å². The van der Waals surface area contributed by atoms with Gasteiger partial charge in [-0.25, -0.2) is 0 Å². The monoisotopic (exact) mass is 843 g/mol. The molecule has 0 atom stereocenters. The van der Waals surface area contributed by atoms with E-state index in [2.05, 4.69) is 246 Å². The van der Waals surface area contributed by atoms with E-state index in [0.717, 1.165) is 57.1 Å². The third-order valence-corrected chi connectivity index (χ3v) is 13.3. The number of aliphatic imine (C=N–C) groups is 1. The van der Waals surface area contributed by atoms with Crippen molar-refractivity contribution >= 4 is 44.8 Å². The summed E-state index contributed by atoms with van der Waals surface area (Å²) in [6.45, 7) is 17.8. The van der Waals surface area contributed by atoms with Gasteiger partial charge >= 0.3 is 0 Å². The zero-order valence-corrected chi connectivity index (χ0v) is 38.7. The topological polar surface area (TPSA) is 18.8 Å². The molecule has 0 spiro atoms. The zero-order valence-electron chi connectivity index (χ0n) is 38.7. The molecule has 2 heterocycles. The van der Waals surface area contributed by atoms with Gasteiger partial charge in [0.25, 0.3) is 0 Å². The average molecular weight is 844 g/mol. The van der Waals surface area contributed by atoms with Gasteiger partial charge in [-0.1, -0.05) is 167 Å². The number of allylic oxidation sites excluding steroid dienone is 9. The minimum Gasteiger partial charge on any atom is -0.316 e. The molecule has 7 aromatic carbocycles. The molecule has 2 aliphatic rings. The molecule has 0 aromatic heterocycles. The summed E-state index contributed by atoms with van der Waals surface area (Å²) in [5.41, 5.74) is 20.7. The first-order valence-corrected chi connectivity index (χ1v) is 22.8. The van der Waals surface area contributed by atoms with E-state index in [9.17, 15) is 0 Å². The summed E-state index contributed by atoms with van der Waals surface area (Å²) in [5, 5.41) is 2.39. The molecule has 0 N–H and O–H groups in total. The number of para-hydroxylation sites is 1. The number of fused-ring (bicyclic) bond motifs is 3. The lowest BCUT2D eigenvalue weighted by Crippen LogP contribution is -2.33. The molecule has 0 aliphatic carbocycles. The summed E-state index contributed by atoms with van der Waals surface area (Å²) in [6, 6.07) is 57.5. The molecular formula is C62H57N3. The molecule has 0 saturated heterocycles. The van der Waals surface area contributed by atoms with E-state index in [1.54, 1.807) is 0 Å². The second-order valence-corrected chi connectivity index (χ2v) is 17.4. The molecule has 65 heavy (non-hydrogen) atoms. The lowest BCUT2D eigenvalue weighted by Gasteiger charge is -2.42. The van der Waals surface area contributed by atoms with Crippen LogP contribution in [0.4, 0.5) is 22.7 Å². The first-order valence-electron chi connectivity index (χ1n) is 22.8. The molecule has 2 aliphatic heterocycles. The number of hydrogen-bond donors (Lipinski definition) is 0. The molecular weight excluding hydrogens is 787 g/mol. The van der Waals surface area contributed by atoms with Crippen LogP contribution >= 0.6 is 0 Å². The molecule has 3 heteroatoms. The second-order valence-electron chi connectivity index (χ2n) is 17.4. The van der Waals surface area contributed by atoms with Gasteiger partial charge in [0.2, 0.25) is 0 Å². The average Bonchev–Trinajstić information content (AvgIpc) is 3.45. The van der Waals surface area contributed by atoms with Crippen LogP contribution in [0.1, 0.15) is 70.2 Å². The maximum atomic E-state index is 4.92. The fourth-order valence-electron chi connectivity index (χ4n) is 10.1. The highest BCUT2D eigenvalue weighted by Gasteiger charge is 2.37. The van der Waals surface area contributed by atoms with Crippen molar-refractivity contribution in [1.82, 2.24) is 0 Å². The van der Waals surface area contributed by atoms with Crippen LogP contribution in [0, 0.1) is 0 Å². The standard InChI is InChI=1S/C62H57N3/c1-9-22-48-41-64(50-30-21-27-47(38-50)60-52-31-20-19-24-43(52)32-36-54(60)61(63-8)44-25-15-13-16-26-44)59-40-46(33-35-53(59)51(11-3)42(48)5)45-34-37-58-56(39-45)62(6,7)55(12-4)57(23-10-2)65(58)49-28-17-14-18-29-49/h9-10,12-41H,4,11H2,1-3,5-8H3/b22-9-,23-10-,63-61?. The Morgan fingerprint density at radius 2 is 1.37 bits per heavy atom. The van der Waals surface area contributed by atoms with Crippen molar-refractivity contribution in [3.8, 4) is 22.3 Å². The SMILES string of the molecule is C=CC1=C(/C=C\C)N(c2ccccc2)c2ccc(-c3ccc4c(c3)N(c3cccc(-c5c(C(=NC)c6ccccc6)ccc6ccccc56)c3)C=C(/C=C\C)C(C)=C4CC)cc2C1(C)C. The normalized spacial score (nSPS) is 15.1. The Bertz CT molecular complexity index is 3150. The zero-order chi connectivity index (χ0) is 45.2. The number of nitrogens with zero attached hydrogens (tertiary/aromatic N) is 3. The van der Waals surface area contributed by atoms with Crippen LogP contribution in [0.5, 0.6) is 0 Å². The molecule has 320 valence electrons. The van der Waals surface area contributed by atoms with Gasteiger partial charge in [-0.15, -0.1) is 0 Å². The van der Waals surface area contributed by atoms with Gasteiger partial charge in [-0.2, -0.15) is 0 Å². The van der Waals surface area contributed by atoms with E-state index in [1.165, 1.54) is 61.0 Å². The van der Waals surface area contributed by atoms with Crippen LogP contribution in [-0.2, 0) is 5.41 Å². The van der Waals surface area contributed by atoms with E-state index in [4.69, 9.17) is 4.99 Å². The Hall–Kier alpha value is -7.49. The first-order chi connectivity index (χ1) is 31.7. The number of benzene rings is 7. The Balaban J connectivity index is 1.24. The summed E-state index contributed by atoms with van der Waals surface area (Å²) < 4.78 is 0. The molecule has 0 unspecified atom stereocenters. The predicted octanol–water partition coefficient (Wildman–Crippen LogP) is 16.9. The Kier molecular flexibility index (Phi) is 11.8. The summed E-state index contributed by atoms with van der Waals surface area (Å²) >= 11 is 0. The predicted molar refractivity (Wildman–Crippen MR) is 281 cm³/mol. The summed E-state index contributed by atoms with van der Waals surface area (Å²) in [4.78, 5) is 9.72. The fourth-order valence-corrected chi connectivity index (χ4v) is 10.1. The lowest BCUT2D eigenvalue weighted by atomic mass is 9.72. The van der Waals surface area contributed by atoms with Crippen LogP contribution < -0.4 is 9.80 Å². The number of hydrogen-bond acceptors (Lipinski definition) is 3. The maximum absolute atomic E-state index is 4.92. The van der Waals surface area contributed by atoms with Gasteiger partial charge in [-0.05, 0) is 137 Å². The molecule has 0 fully saturated rings. The van der Waals surface area contributed by atoms with Crippen molar-refractivity contribution in [2.45, 2.75) is 53.4 Å². The summed E-state index contributed by atoms with van der Waals surface area (Å²) in [6.07, 6.45) is 14.0. The molecule has 9 rings (SSSR count). The molecule has 0 bridgehead atoms. The highest BCUT2D eigenvalue weighted by atomic mass is 15.2. The van der Waals surface area contributed by atoms with Crippen molar-refractivity contribution < 1.29 is 0 Å². The van der Waals surface area contributed by atoms with Crippen LogP contribution in [0.25, 0.3) is 38.6 Å². The van der Waals surface area contributed by atoms with E-state index in [1.807, 2.05) is 13.1 Å². The lowest BCUT2D eigenvalue weighted by molar-refractivity contribution is 0.621. The van der Waals surface area contributed by atoms with Gasteiger partial charge in [0.15, 0.2) is 0 Å². The van der Waals surface area contributed by atoms with E-state index < -0.39 is 0 Å². The van der Waals surface area contributed by atoms with Gasteiger partial charge in [0.1, 0.15) is 0 Å². The van der Waals surface area contributed by atoms with E-state index in [-0.39, 0.29) is 5.41 Å². The quantitative estimate of drug-likeness (QED) is 0.128. The van der Waals surface area contributed by atoms with Crippen molar-refractivity contribution in [2.75, 3.05) is 16.8 Å².